The van der Waals surface area contributed by atoms with Gasteiger partial charge in [0.15, 0.2) is 0 Å². The maximum atomic E-state index is 12.5. The van der Waals surface area contributed by atoms with E-state index in [0.29, 0.717) is 22.7 Å². The number of nitrogens with one attached hydrogen (secondary N) is 1. The molecule has 1 aliphatic rings. The summed E-state index contributed by atoms with van der Waals surface area (Å²) >= 11 is 0. The molecule has 0 aromatic heterocycles. The summed E-state index contributed by atoms with van der Waals surface area (Å²) in [5.74, 6) is -1.82. The van der Waals surface area contributed by atoms with Crippen molar-refractivity contribution in [3.05, 3.63) is 54.1 Å². The van der Waals surface area contributed by atoms with Crippen LogP contribution in [0.25, 0.3) is 0 Å². The van der Waals surface area contributed by atoms with E-state index in [-0.39, 0.29) is 24.8 Å². The van der Waals surface area contributed by atoms with Gasteiger partial charge in [0.05, 0.1) is 18.6 Å². The number of ether oxygens (including phenoxy) is 1. The van der Waals surface area contributed by atoms with Gasteiger partial charge in [-0.1, -0.05) is 18.2 Å². The molecule has 0 spiro atoms. The van der Waals surface area contributed by atoms with E-state index in [0.717, 1.165) is 0 Å². The first-order valence-electron chi connectivity index (χ1n) is 8.07. The summed E-state index contributed by atoms with van der Waals surface area (Å²) in [5, 5.41) is 11.9. The average Bonchev–Trinajstić information content (AvgIpc) is 3.04. The number of benzene rings is 2. The van der Waals surface area contributed by atoms with E-state index in [2.05, 4.69) is 5.32 Å². The van der Waals surface area contributed by atoms with Crippen LogP contribution in [0.4, 0.5) is 11.4 Å². The van der Waals surface area contributed by atoms with Gasteiger partial charge < -0.3 is 20.1 Å². The standard InChI is InChI=1S/C19H18N2O5/c1-26-16-8-3-2-7-15(16)18(23)20-13-5-4-6-14(10-13)21-11-12(19(24)25)9-17(21)22/h2-8,10,12H,9,11H2,1H3,(H,20,23)(H,24,25)/t12-/m1/s1. The molecule has 3 rings (SSSR count). The zero-order valence-electron chi connectivity index (χ0n) is 14.1. The van der Waals surface area contributed by atoms with Gasteiger partial charge in [0.1, 0.15) is 5.75 Å². The summed E-state index contributed by atoms with van der Waals surface area (Å²) in [6.45, 7) is 0.123. The molecule has 0 aliphatic carbocycles. The molecule has 2 N–H and O–H groups in total. The molecule has 26 heavy (non-hydrogen) atoms. The molecule has 2 amide bonds. The highest BCUT2D eigenvalue weighted by molar-refractivity contribution is 6.06. The smallest absolute Gasteiger partial charge is 0.308 e. The van der Waals surface area contributed by atoms with Crippen LogP contribution >= 0.6 is 0 Å². The Morgan fingerprint density at radius 1 is 1.19 bits per heavy atom. The van der Waals surface area contributed by atoms with Crippen molar-refractivity contribution in [2.24, 2.45) is 5.92 Å². The summed E-state index contributed by atoms with van der Waals surface area (Å²) < 4.78 is 5.19. The minimum absolute atomic E-state index is 0.0207. The lowest BCUT2D eigenvalue weighted by molar-refractivity contribution is -0.141. The van der Waals surface area contributed by atoms with Crippen LogP contribution in [0, 0.1) is 5.92 Å². The third kappa shape index (κ3) is 3.51. The Kier molecular flexibility index (Phi) is 4.88. The number of aliphatic carboxylic acids is 1. The summed E-state index contributed by atoms with van der Waals surface area (Å²) in [6.07, 6.45) is -0.0207. The molecule has 1 fully saturated rings. The highest BCUT2D eigenvalue weighted by Gasteiger charge is 2.35. The first kappa shape index (κ1) is 17.5. The second-order valence-electron chi connectivity index (χ2n) is 5.95. The van der Waals surface area contributed by atoms with Gasteiger partial charge in [0.25, 0.3) is 5.91 Å². The summed E-state index contributed by atoms with van der Waals surface area (Å²) in [4.78, 5) is 37.1. The number of carbonyl (C=O) groups excluding carboxylic acids is 2. The molecular formula is C19H18N2O5. The fraction of sp³-hybridized carbons (Fsp3) is 0.211. The van der Waals surface area contributed by atoms with Crippen LogP contribution < -0.4 is 15.0 Å². The van der Waals surface area contributed by atoms with Gasteiger partial charge in [0.2, 0.25) is 5.91 Å². The van der Waals surface area contributed by atoms with Crippen LogP contribution in [0.2, 0.25) is 0 Å². The lowest BCUT2D eigenvalue weighted by Crippen LogP contribution is -2.25. The number of carbonyl (C=O) groups is 3. The predicted molar refractivity (Wildman–Crippen MR) is 95.5 cm³/mol. The van der Waals surface area contributed by atoms with Crippen molar-refractivity contribution >= 4 is 29.2 Å². The molecule has 0 saturated carbocycles. The molecule has 1 atom stereocenters. The number of carboxylic acids is 1. The van der Waals surface area contributed by atoms with Gasteiger partial charge in [-0.05, 0) is 30.3 Å². The molecule has 7 nitrogen and oxygen atoms in total. The fourth-order valence-corrected chi connectivity index (χ4v) is 2.90. The van der Waals surface area contributed by atoms with Crippen molar-refractivity contribution in [3.8, 4) is 5.75 Å². The molecule has 0 unspecified atom stereocenters. The van der Waals surface area contributed by atoms with Gasteiger partial charge in [-0.3, -0.25) is 14.4 Å². The van der Waals surface area contributed by atoms with Crippen LogP contribution in [0.15, 0.2) is 48.5 Å². The fourth-order valence-electron chi connectivity index (χ4n) is 2.90. The van der Waals surface area contributed by atoms with E-state index in [9.17, 15) is 14.4 Å². The van der Waals surface area contributed by atoms with Gasteiger partial charge in [0, 0.05) is 24.3 Å². The third-order valence-corrected chi connectivity index (χ3v) is 4.24. The summed E-state index contributed by atoms with van der Waals surface area (Å²) in [5.41, 5.74) is 1.45. The second kappa shape index (κ2) is 7.26. The number of amides is 2. The zero-order chi connectivity index (χ0) is 18.7. The van der Waals surface area contributed by atoms with Crippen LogP contribution in [-0.4, -0.2) is 36.5 Å². The van der Waals surface area contributed by atoms with Crippen molar-refractivity contribution in [2.75, 3.05) is 23.9 Å². The van der Waals surface area contributed by atoms with Gasteiger partial charge >= 0.3 is 5.97 Å². The van der Waals surface area contributed by atoms with Crippen LogP contribution in [0.1, 0.15) is 16.8 Å². The Hall–Kier alpha value is -3.35. The third-order valence-electron chi connectivity index (χ3n) is 4.24. The monoisotopic (exact) mass is 354 g/mol. The summed E-state index contributed by atoms with van der Waals surface area (Å²) in [6, 6.07) is 13.6. The first-order valence-corrected chi connectivity index (χ1v) is 8.07. The SMILES string of the molecule is COc1ccccc1C(=O)Nc1cccc(N2C[C@H](C(=O)O)CC2=O)c1. The minimum Gasteiger partial charge on any atom is -0.496 e. The van der Waals surface area contributed by atoms with Crippen molar-refractivity contribution in [2.45, 2.75) is 6.42 Å². The molecule has 2 aromatic carbocycles. The number of methoxy groups -OCH3 is 1. The van der Waals surface area contributed by atoms with E-state index in [4.69, 9.17) is 9.84 Å². The lowest BCUT2D eigenvalue weighted by atomic mass is 10.1. The molecular weight excluding hydrogens is 336 g/mol. The second-order valence-corrected chi connectivity index (χ2v) is 5.95. The van der Waals surface area contributed by atoms with Crippen molar-refractivity contribution in [1.82, 2.24) is 0 Å². The van der Waals surface area contributed by atoms with E-state index in [1.54, 1.807) is 48.5 Å². The maximum Gasteiger partial charge on any atom is 0.308 e. The maximum absolute atomic E-state index is 12.5. The molecule has 1 aliphatic heterocycles. The van der Waals surface area contributed by atoms with Gasteiger partial charge in [-0.2, -0.15) is 0 Å². The highest BCUT2D eigenvalue weighted by atomic mass is 16.5. The van der Waals surface area contributed by atoms with Crippen LogP contribution in [-0.2, 0) is 9.59 Å². The van der Waals surface area contributed by atoms with E-state index in [1.807, 2.05) is 0 Å². The van der Waals surface area contributed by atoms with Crippen molar-refractivity contribution in [1.29, 1.82) is 0 Å². The van der Waals surface area contributed by atoms with Crippen molar-refractivity contribution in [3.63, 3.8) is 0 Å². The van der Waals surface area contributed by atoms with Crippen molar-refractivity contribution < 1.29 is 24.2 Å². The molecule has 0 radical (unpaired) electrons. The molecule has 1 saturated heterocycles. The Morgan fingerprint density at radius 3 is 2.65 bits per heavy atom. The number of rotatable bonds is 5. The van der Waals surface area contributed by atoms with Crippen LogP contribution in [0.5, 0.6) is 5.75 Å². The van der Waals surface area contributed by atoms with Gasteiger partial charge in [-0.15, -0.1) is 0 Å². The Labute approximate surface area is 150 Å². The Balaban J connectivity index is 1.79. The molecule has 7 heteroatoms. The van der Waals surface area contributed by atoms with E-state index in [1.165, 1.54) is 12.0 Å². The predicted octanol–water partition coefficient (Wildman–Crippen LogP) is 2.39. The number of carboxylic acid groups (broad SMARTS) is 1. The minimum atomic E-state index is -0.985. The zero-order valence-corrected chi connectivity index (χ0v) is 14.1. The Morgan fingerprint density at radius 2 is 1.96 bits per heavy atom. The average molecular weight is 354 g/mol. The highest BCUT2D eigenvalue weighted by Crippen LogP contribution is 2.28. The quantitative estimate of drug-likeness (QED) is 0.859. The van der Waals surface area contributed by atoms with Gasteiger partial charge in [-0.25, -0.2) is 0 Å². The number of hydrogen-bond donors (Lipinski definition) is 2. The number of hydrogen-bond acceptors (Lipinski definition) is 4. The molecule has 134 valence electrons. The normalized spacial score (nSPS) is 16.4. The number of nitrogens with zero attached hydrogens (tertiary/aromatic N) is 1. The topological polar surface area (TPSA) is 95.9 Å². The lowest BCUT2D eigenvalue weighted by Gasteiger charge is -2.17. The first-order chi connectivity index (χ1) is 12.5. The van der Waals surface area contributed by atoms with E-state index < -0.39 is 11.9 Å². The van der Waals surface area contributed by atoms with Crippen LogP contribution in [0.3, 0.4) is 0 Å². The Bertz CT molecular complexity index is 865. The largest absolute Gasteiger partial charge is 0.496 e. The van der Waals surface area contributed by atoms with E-state index >= 15 is 0 Å². The summed E-state index contributed by atoms with van der Waals surface area (Å²) in [7, 11) is 1.49. The number of para-hydroxylation sites is 1. The number of anilines is 2. The molecule has 2 aromatic rings. The molecule has 1 heterocycles. The molecule has 0 bridgehead atoms.